The van der Waals surface area contributed by atoms with Crippen molar-refractivity contribution in [2.24, 2.45) is 5.41 Å². The molecular formula is C20H35NO7. The first kappa shape index (κ1) is 25.9. The normalized spacial score (nSPS) is 14.4. The van der Waals surface area contributed by atoms with Gasteiger partial charge in [0.25, 0.3) is 0 Å². The van der Waals surface area contributed by atoms with Crippen LogP contribution in [0.2, 0.25) is 0 Å². The molecule has 0 aromatic heterocycles. The molecule has 1 amide bonds. The molecule has 0 aliphatic heterocycles. The van der Waals surface area contributed by atoms with Gasteiger partial charge in [0, 0.05) is 25.3 Å². The van der Waals surface area contributed by atoms with Gasteiger partial charge in [-0.1, -0.05) is 34.3 Å². The summed E-state index contributed by atoms with van der Waals surface area (Å²) in [5.41, 5.74) is -0.138. The fourth-order valence-corrected chi connectivity index (χ4v) is 2.31. The van der Waals surface area contributed by atoms with Crippen molar-refractivity contribution in [2.75, 3.05) is 13.2 Å². The Morgan fingerprint density at radius 1 is 1.11 bits per heavy atom. The lowest BCUT2D eigenvalue weighted by atomic mass is 9.84. The topological polar surface area (TPSA) is 111 Å². The van der Waals surface area contributed by atoms with Crippen molar-refractivity contribution < 1.29 is 33.7 Å². The van der Waals surface area contributed by atoms with Crippen LogP contribution < -0.4 is 5.32 Å². The van der Waals surface area contributed by atoms with Crippen LogP contribution in [0.4, 0.5) is 4.79 Å². The Hall–Kier alpha value is -2.09. The third-order valence-electron chi connectivity index (χ3n) is 3.98. The molecule has 0 aliphatic carbocycles. The highest BCUT2D eigenvalue weighted by atomic mass is 16.6. The Morgan fingerprint density at radius 2 is 1.71 bits per heavy atom. The molecule has 0 spiro atoms. The lowest BCUT2D eigenvalue weighted by Gasteiger charge is -2.33. The lowest BCUT2D eigenvalue weighted by Crippen LogP contribution is -2.40. The molecule has 3 atom stereocenters. The summed E-state index contributed by atoms with van der Waals surface area (Å²) in [5, 5.41) is 12.4. The monoisotopic (exact) mass is 401 g/mol. The molecule has 0 heterocycles. The van der Waals surface area contributed by atoms with Crippen molar-refractivity contribution in [1.82, 2.24) is 5.32 Å². The number of alkyl carbamates (subject to hydrolysis) is 1. The smallest absolute Gasteiger partial charge is 0.407 e. The molecule has 162 valence electrons. The van der Waals surface area contributed by atoms with Crippen LogP contribution in [0, 0.1) is 5.41 Å². The summed E-state index contributed by atoms with van der Waals surface area (Å²) < 4.78 is 15.7. The summed E-state index contributed by atoms with van der Waals surface area (Å²) in [6.07, 6.45) is -1.34. The number of hydrogen-bond acceptors (Lipinski definition) is 7. The van der Waals surface area contributed by atoms with Gasteiger partial charge in [-0.15, -0.1) is 0 Å². The van der Waals surface area contributed by atoms with Gasteiger partial charge in [-0.2, -0.15) is 0 Å². The van der Waals surface area contributed by atoms with Crippen LogP contribution >= 0.6 is 0 Å². The molecule has 0 bridgehead atoms. The van der Waals surface area contributed by atoms with E-state index in [0.717, 1.165) is 0 Å². The Balaban J connectivity index is 4.78. The van der Waals surface area contributed by atoms with E-state index < -0.39 is 41.8 Å². The first-order valence-corrected chi connectivity index (χ1v) is 9.49. The molecule has 0 aromatic rings. The largest absolute Gasteiger partial charge is 0.462 e. The fraction of sp³-hybridized carbons (Fsp3) is 0.750. The highest BCUT2D eigenvalue weighted by Crippen LogP contribution is 2.28. The Kier molecular flexibility index (Phi) is 11.5. The van der Waals surface area contributed by atoms with Gasteiger partial charge in [0.2, 0.25) is 0 Å². The van der Waals surface area contributed by atoms with E-state index in [1.807, 2.05) is 27.7 Å². The number of ether oxygens (including phenoxy) is 3. The Labute approximate surface area is 167 Å². The van der Waals surface area contributed by atoms with E-state index in [2.05, 4.69) is 11.9 Å². The van der Waals surface area contributed by atoms with E-state index in [1.54, 1.807) is 0 Å². The Morgan fingerprint density at radius 3 is 2.18 bits per heavy atom. The molecule has 0 aliphatic rings. The second-order valence-corrected chi connectivity index (χ2v) is 7.87. The summed E-state index contributed by atoms with van der Waals surface area (Å²) in [6, 6.07) is 0. The number of esters is 2. The van der Waals surface area contributed by atoms with Crippen LogP contribution in [0.25, 0.3) is 0 Å². The third-order valence-corrected chi connectivity index (χ3v) is 3.98. The standard InChI is InChI=1S/C20H35NO7/c1-8-15(23)11-16(27-14(4)22)12-17(20(5,6)7)28-19(25)21-9-10-26-18(24)13(2)3/h15-17,23H,2,8-12H2,1,3-7H3,(H,21,25). The zero-order valence-corrected chi connectivity index (χ0v) is 17.9. The van der Waals surface area contributed by atoms with Gasteiger partial charge < -0.3 is 24.6 Å². The van der Waals surface area contributed by atoms with Crippen molar-refractivity contribution in [3.8, 4) is 0 Å². The van der Waals surface area contributed by atoms with E-state index in [-0.39, 0.29) is 31.6 Å². The average Bonchev–Trinajstić information content (AvgIpc) is 2.56. The minimum absolute atomic E-state index is 0.000255. The summed E-state index contributed by atoms with van der Waals surface area (Å²) in [5.74, 6) is -0.980. The van der Waals surface area contributed by atoms with E-state index in [1.165, 1.54) is 13.8 Å². The van der Waals surface area contributed by atoms with Crippen LogP contribution in [-0.4, -0.2) is 54.6 Å². The minimum atomic E-state index is -0.663. The molecule has 28 heavy (non-hydrogen) atoms. The highest BCUT2D eigenvalue weighted by Gasteiger charge is 2.33. The Bertz CT molecular complexity index is 539. The number of aliphatic hydroxyl groups excluding tert-OH is 1. The van der Waals surface area contributed by atoms with Crippen molar-refractivity contribution in [3.05, 3.63) is 12.2 Å². The quantitative estimate of drug-likeness (QED) is 0.237. The highest BCUT2D eigenvalue weighted by molar-refractivity contribution is 5.86. The minimum Gasteiger partial charge on any atom is -0.462 e. The zero-order chi connectivity index (χ0) is 21.9. The van der Waals surface area contributed by atoms with Gasteiger partial charge in [-0.3, -0.25) is 4.79 Å². The summed E-state index contributed by atoms with van der Waals surface area (Å²) >= 11 is 0. The maximum Gasteiger partial charge on any atom is 0.407 e. The molecule has 8 heteroatoms. The molecule has 0 radical (unpaired) electrons. The molecule has 3 unspecified atom stereocenters. The third kappa shape index (κ3) is 11.6. The maximum atomic E-state index is 12.1. The van der Waals surface area contributed by atoms with Gasteiger partial charge in [-0.05, 0) is 18.8 Å². The van der Waals surface area contributed by atoms with Crippen LogP contribution in [0.5, 0.6) is 0 Å². The molecule has 8 nitrogen and oxygen atoms in total. The van der Waals surface area contributed by atoms with Crippen molar-refractivity contribution in [2.45, 2.75) is 79.1 Å². The molecule has 0 saturated carbocycles. The summed E-state index contributed by atoms with van der Waals surface area (Å²) in [4.78, 5) is 34.8. The van der Waals surface area contributed by atoms with Crippen LogP contribution in [-0.2, 0) is 23.8 Å². The van der Waals surface area contributed by atoms with Crippen LogP contribution in [0.3, 0.4) is 0 Å². The fourth-order valence-electron chi connectivity index (χ4n) is 2.31. The molecule has 0 rings (SSSR count). The first-order valence-electron chi connectivity index (χ1n) is 9.49. The second-order valence-electron chi connectivity index (χ2n) is 7.87. The van der Waals surface area contributed by atoms with E-state index >= 15 is 0 Å². The zero-order valence-electron chi connectivity index (χ0n) is 17.9. The van der Waals surface area contributed by atoms with Crippen molar-refractivity contribution >= 4 is 18.0 Å². The maximum absolute atomic E-state index is 12.1. The summed E-state index contributed by atoms with van der Waals surface area (Å²) in [6.45, 7) is 13.9. The van der Waals surface area contributed by atoms with Gasteiger partial charge >= 0.3 is 18.0 Å². The van der Waals surface area contributed by atoms with Gasteiger partial charge in [0.15, 0.2) is 0 Å². The molecule has 0 fully saturated rings. The summed E-state index contributed by atoms with van der Waals surface area (Å²) in [7, 11) is 0. The number of hydrogen-bond donors (Lipinski definition) is 2. The molecular weight excluding hydrogens is 366 g/mol. The van der Waals surface area contributed by atoms with Crippen LogP contribution in [0.15, 0.2) is 12.2 Å². The average molecular weight is 402 g/mol. The van der Waals surface area contributed by atoms with Gasteiger partial charge in [0.05, 0.1) is 12.6 Å². The van der Waals surface area contributed by atoms with Gasteiger partial charge in [0.1, 0.15) is 18.8 Å². The van der Waals surface area contributed by atoms with E-state index in [9.17, 15) is 19.5 Å². The van der Waals surface area contributed by atoms with Crippen molar-refractivity contribution in [1.29, 1.82) is 0 Å². The number of carbonyl (C=O) groups is 3. The predicted molar refractivity (Wildman–Crippen MR) is 105 cm³/mol. The second kappa shape index (κ2) is 12.4. The molecule has 2 N–H and O–H groups in total. The number of aliphatic hydroxyl groups is 1. The number of nitrogens with one attached hydrogen (secondary N) is 1. The predicted octanol–water partition coefficient (Wildman–Crippen LogP) is 2.73. The lowest BCUT2D eigenvalue weighted by molar-refractivity contribution is -0.150. The van der Waals surface area contributed by atoms with E-state index in [0.29, 0.717) is 6.42 Å². The number of amides is 1. The van der Waals surface area contributed by atoms with Crippen molar-refractivity contribution in [3.63, 3.8) is 0 Å². The van der Waals surface area contributed by atoms with Crippen LogP contribution in [0.1, 0.15) is 60.8 Å². The van der Waals surface area contributed by atoms with E-state index in [4.69, 9.17) is 14.2 Å². The molecule has 0 saturated heterocycles. The molecule has 0 aromatic carbocycles. The SMILES string of the molecule is C=C(C)C(=O)OCCNC(=O)OC(CC(CC(O)CC)OC(C)=O)C(C)(C)C. The number of carbonyl (C=O) groups excluding carboxylic acids is 3. The van der Waals surface area contributed by atoms with Gasteiger partial charge in [-0.25, -0.2) is 9.59 Å². The number of rotatable bonds is 11. The first-order chi connectivity index (χ1) is 12.9.